The fraction of sp³-hybridized carbons (Fsp3) is 0.865. The first-order chi connectivity index (χ1) is 23.1. The second kappa shape index (κ2) is 14.2. The molecule has 48 heavy (non-hydrogen) atoms. The van der Waals surface area contributed by atoms with E-state index < -0.39 is 35.9 Å². The molecule has 10 unspecified atom stereocenters. The number of amides is 2. The maximum absolute atomic E-state index is 16.6. The van der Waals surface area contributed by atoms with Gasteiger partial charge in [-0.15, -0.1) is 0 Å². The van der Waals surface area contributed by atoms with Crippen molar-refractivity contribution >= 4 is 17.8 Å². The lowest BCUT2D eigenvalue weighted by Crippen LogP contribution is -2.73. The number of carbonyl (C=O) groups is 3. The molecule has 4 aliphatic heterocycles. The molecule has 0 aromatic rings. The number of fused-ring (bicyclic) bond motifs is 3. The van der Waals surface area contributed by atoms with Gasteiger partial charge in [0.25, 0.3) is 5.91 Å². The number of halogens is 1. The van der Waals surface area contributed by atoms with Gasteiger partial charge in [0, 0.05) is 37.8 Å². The van der Waals surface area contributed by atoms with E-state index in [4.69, 9.17) is 9.47 Å². The topological polar surface area (TPSA) is 103 Å². The van der Waals surface area contributed by atoms with Crippen LogP contribution in [0, 0.1) is 17.8 Å². The van der Waals surface area contributed by atoms with E-state index in [1.54, 1.807) is 0 Å². The molecule has 6 fully saturated rings. The number of ketones is 1. The monoisotopic (exact) mass is 671 g/mol. The number of Topliss-reactive ketones (excluding diaryl/α,β-unsaturated/α-hetero) is 1. The van der Waals surface area contributed by atoms with Gasteiger partial charge >= 0.3 is 6.09 Å². The third kappa shape index (κ3) is 7.15. The predicted molar refractivity (Wildman–Crippen MR) is 180 cm³/mol. The third-order valence-electron chi connectivity index (χ3n) is 12.4. The molecule has 0 aromatic carbocycles. The van der Waals surface area contributed by atoms with Crippen molar-refractivity contribution in [1.29, 1.82) is 0 Å². The van der Waals surface area contributed by atoms with Crippen molar-refractivity contribution in [3.63, 3.8) is 0 Å². The molecule has 0 radical (unpaired) electrons. The largest absolute Gasteiger partial charge is 0.444 e. The zero-order chi connectivity index (χ0) is 33.6. The van der Waals surface area contributed by atoms with Gasteiger partial charge in [-0.2, -0.15) is 0 Å². The summed E-state index contributed by atoms with van der Waals surface area (Å²) >= 11 is 0. The Morgan fingerprint density at radius 1 is 0.979 bits per heavy atom. The van der Waals surface area contributed by atoms with Gasteiger partial charge in [0.05, 0.1) is 35.9 Å². The zero-order valence-electron chi connectivity index (χ0n) is 29.3. The first-order valence-corrected chi connectivity index (χ1v) is 19.1. The number of alkyl carbamates (subject to hydrolysis) is 1. The Morgan fingerprint density at radius 3 is 2.48 bits per heavy atom. The van der Waals surface area contributed by atoms with Crippen LogP contribution < -0.4 is 10.6 Å². The van der Waals surface area contributed by atoms with Crippen LogP contribution in [0.25, 0.3) is 0 Å². The Kier molecular flexibility index (Phi) is 10.1. The van der Waals surface area contributed by atoms with Crippen molar-refractivity contribution in [2.24, 2.45) is 17.8 Å². The van der Waals surface area contributed by atoms with Gasteiger partial charge in [0.15, 0.2) is 5.78 Å². The summed E-state index contributed by atoms with van der Waals surface area (Å²) < 4.78 is 29.1. The first-order valence-electron chi connectivity index (χ1n) is 19.1. The van der Waals surface area contributed by atoms with Crippen LogP contribution in [0.2, 0.25) is 0 Å². The number of nitrogens with one attached hydrogen (secondary N) is 2. The van der Waals surface area contributed by atoms with E-state index in [0.717, 1.165) is 32.2 Å². The molecule has 10 nitrogen and oxygen atoms in total. The van der Waals surface area contributed by atoms with Gasteiger partial charge in [0.1, 0.15) is 11.8 Å². The fourth-order valence-electron chi connectivity index (χ4n) is 10.3. The minimum Gasteiger partial charge on any atom is -0.444 e. The summed E-state index contributed by atoms with van der Waals surface area (Å²) in [6.07, 6.45) is 11.7. The zero-order valence-corrected chi connectivity index (χ0v) is 29.3. The lowest BCUT2D eigenvalue weighted by atomic mass is 9.64. The van der Waals surface area contributed by atoms with E-state index in [-0.39, 0.29) is 47.9 Å². The van der Waals surface area contributed by atoms with Crippen LogP contribution in [0.1, 0.15) is 97.8 Å². The number of carbonyl (C=O) groups excluding carboxylic acids is 3. The van der Waals surface area contributed by atoms with Crippen LogP contribution in [-0.2, 0) is 19.1 Å². The molecule has 2 N–H and O–H groups in total. The number of likely N-dealkylation sites (tertiary alicyclic amines) is 2. The first kappa shape index (κ1) is 34.2. The Bertz CT molecular complexity index is 1230. The summed E-state index contributed by atoms with van der Waals surface area (Å²) in [5.74, 6) is 0.0629. The van der Waals surface area contributed by atoms with Crippen molar-refractivity contribution in [2.75, 3.05) is 39.3 Å². The van der Waals surface area contributed by atoms with E-state index in [9.17, 15) is 14.4 Å². The number of alkyl halides is 1. The molecule has 11 heteroatoms. The van der Waals surface area contributed by atoms with E-state index in [0.29, 0.717) is 37.9 Å². The highest BCUT2D eigenvalue weighted by molar-refractivity contribution is 6.20. The molecule has 7 rings (SSSR count). The van der Waals surface area contributed by atoms with Gasteiger partial charge in [-0.1, -0.05) is 25.7 Å². The smallest absolute Gasteiger partial charge is 0.407 e. The highest BCUT2D eigenvalue weighted by atomic mass is 19.1. The van der Waals surface area contributed by atoms with Crippen molar-refractivity contribution in [3.8, 4) is 0 Å². The number of rotatable bonds is 8. The summed E-state index contributed by atoms with van der Waals surface area (Å²) in [6, 6.07) is -0.878. The van der Waals surface area contributed by atoms with Gasteiger partial charge in [-0.3, -0.25) is 14.5 Å². The summed E-state index contributed by atoms with van der Waals surface area (Å²) in [5.41, 5.74) is -0.406. The molecule has 2 amide bonds. The number of unbranched alkanes of at least 4 members (excludes halogenated alkanes) is 1. The number of hydrogen-bond acceptors (Lipinski definition) is 8. The predicted octanol–water partition coefficient (Wildman–Crippen LogP) is 4.18. The summed E-state index contributed by atoms with van der Waals surface area (Å²) in [5, 5.41) is 6.03. The quantitative estimate of drug-likeness (QED) is 0.293. The Hall–Kier alpha value is -2.24. The molecule has 3 saturated carbocycles. The summed E-state index contributed by atoms with van der Waals surface area (Å²) in [4.78, 5) is 47.1. The number of hydrogen-bond donors (Lipinski definition) is 2. The summed E-state index contributed by atoms with van der Waals surface area (Å²) in [7, 11) is 0. The number of ether oxygens (including phenoxy) is 2. The van der Waals surface area contributed by atoms with Gasteiger partial charge in [-0.25, -0.2) is 9.18 Å². The lowest BCUT2D eigenvalue weighted by molar-refractivity contribution is -0.219. The second-order valence-electron chi connectivity index (χ2n) is 16.8. The van der Waals surface area contributed by atoms with Crippen molar-refractivity contribution in [2.45, 2.75) is 146 Å². The van der Waals surface area contributed by atoms with Crippen LogP contribution >= 0.6 is 0 Å². The van der Waals surface area contributed by atoms with E-state index in [2.05, 4.69) is 25.3 Å². The maximum atomic E-state index is 16.6. The number of morpholine rings is 1. The molecule has 268 valence electrons. The molecule has 7 aliphatic rings. The molecule has 0 bridgehead atoms. The van der Waals surface area contributed by atoms with Gasteiger partial charge in [-0.05, 0) is 104 Å². The minimum atomic E-state index is -1.28. The Morgan fingerprint density at radius 2 is 1.73 bits per heavy atom. The summed E-state index contributed by atoms with van der Waals surface area (Å²) in [6.45, 7) is 10.6. The third-order valence-corrected chi connectivity index (χ3v) is 12.4. The molecule has 3 saturated heterocycles. The minimum absolute atomic E-state index is 0.0586. The van der Waals surface area contributed by atoms with Crippen LogP contribution in [0.15, 0.2) is 11.8 Å². The average Bonchev–Trinajstić information content (AvgIpc) is 3.72. The fourth-order valence-corrected chi connectivity index (χ4v) is 10.3. The van der Waals surface area contributed by atoms with Crippen LogP contribution in [0.3, 0.4) is 0 Å². The second-order valence-corrected chi connectivity index (χ2v) is 16.8. The Labute approximate surface area is 285 Å². The molecule has 0 aromatic heterocycles. The SMILES string of the molecule is CC(C)(C)OC(=O)NC1CCN(C2C(F)CC3C(=O)C(C(=O)NCCCCN4CCCC4)=CN4C5CC6CCCCC6CC5OC2C34)C1. The molecular weight excluding hydrogens is 613 g/mol. The normalized spacial score (nSPS) is 38.5. The van der Waals surface area contributed by atoms with Crippen LogP contribution in [0.4, 0.5) is 9.18 Å². The molecule has 3 aliphatic carbocycles. The van der Waals surface area contributed by atoms with E-state index >= 15 is 4.39 Å². The standard InChI is InChI=1S/C37H58FN5O5/c1-37(2,3)48-36(46)40-25-12-17-42(21-25)32-28(38)20-26-31-34(32)47-30-19-24-11-5-4-10-23(24)18-29(30)43(31)22-27(33(26)44)35(45)39-13-6-7-14-41-15-8-9-16-41/h22-26,28-32,34H,4-21H2,1-3H3,(H,39,45)(H,40,46). The van der Waals surface area contributed by atoms with Crippen LogP contribution in [0.5, 0.6) is 0 Å². The van der Waals surface area contributed by atoms with Gasteiger partial charge < -0.3 is 29.9 Å². The van der Waals surface area contributed by atoms with E-state index in [1.807, 2.05) is 27.0 Å². The molecule has 0 spiro atoms. The van der Waals surface area contributed by atoms with Crippen molar-refractivity contribution in [1.82, 2.24) is 25.3 Å². The highest BCUT2D eigenvalue weighted by Crippen LogP contribution is 2.51. The molecular formula is C37H58FN5O5. The maximum Gasteiger partial charge on any atom is 0.407 e. The van der Waals surface area contributed by atoms with Crippen LogP contribution in [-0.4, -0.2) is 120 Å². The lowest BCUT2D eigenvalue weighted by Gasteiger charge is -2.61. The highest BCUT2D eigenvalue weighted by Gasteiger charge is 2.61. The van der Waals surface area contributed by atoms with E-state index in [1.165, 1.54) is 51.6 Å². The Balaban J connectivity index is 1.08. The molecule has 10 atom stereocenters. The van der Waals surface area contributed by atoms with Crippen molar-refractivity contribution in [3.05, 3.63) is 11.8 Å². The molecule has 4 heterocycles. The number of nitrogens with zero attached hydrogens (tertiary/aromatic N) is 3. The van der Waals surface area contributed by atoms with Crippen molar-refractivity contribution < 1.29 is 28.2 Å². The average molecular weight is 672 g/mol. The van der Waals surface area contributed by atoms with Gasteiger partial charge in [0.2, 0.25) is 0 Å².